The molecule has 0 aliphatic heterocycles. The molecule has 0 aliphatic rings. The van der Waals surface area contributed by atoms with Gasteiger partial charge in [0, 0.05) is 26.3 Å². The molecule has 90 valence electrons. The molecule has 0 unspecified atom stereocenters. The second kappa shape index (κ2) is 6.81. The highest BCUT2D eigenvalue weighted by Crippen LogP contribution is 2.15. The van der Waals surface area contributed by atoms with Gasteiger partial charge in [0.2, 0.25) is 0 Å². The van der Waals surface area contributed by atoms with Crippen molar-refractivity contribution in [1.82, 2.24) is 9.97 Å². The molecule has 0 aromatic carbocycles. The number of hydrogen-bond donors (Lipinski definition) is 0. The molecule has 16 heavy (non-hydrogen) atoms. The van der Waals surface area contributed by atoms with Gasteiger partial charge in [-0.15, -0.1) is 0 Å². The lowest BCUT2D eigenvalue weighted by molar-refractivity contribution is 0.204. The van der Waals surface area contributed by atoms with Crippen molar-refractivity contribution in [2.45, 2.75) is 13.8 Å². The van der Waals surface area contributed by atoms with Crippen LogP contribution >= 0.6 is 15.9 Å². The Labute approximate surface area is 105 Å². The molecule has 0 N–H and O–H groups in total. The van der Waals surface area contributed by atoms with Crippen LogP contribution in [0.5, 0.6) is 0 Å². The van der Waals surface area contributed by atoms with Crippen LogP contribution in [0.4, 0.5) is 5.82 Å². The first-order valence-electron chi connectivity index (χ1n) is 5.35. The monoisotopic (exact) mass is 287 g/mol. The maximum absolute atomic E-state index is 5.11. The van der Waals surface area contributed by atoms with Crippen LogP contribution < -0.4 is 4.90 Å². The fourth-order valence-corrected chi connectivity index (χ4v) is 1.74. The molecule has 0 radical (unpaired) electrons. The van der Waals surface area contributed by atoms with Crippen LogP contribution in [-0.2, 0) is 4.74 Å². The van der Waals surface area contributed by atoms with Gasteiger partial charge in [-0.25, -0.2) is 9.97 Å². The molecular formula is C11H18BrN3O. The van der Waals surface area contributed by atoms with E-state index in [-0.39, 0.29) is 0 Å². The van der Waals surface area contributed by atoms with E-state index in [0.717, 1.165) is 23.5 Å². The summed E-state index contributed by atoms with van der Waals surface area (Å²) >= 11 is 3.36. The summed E-state index contributed by atoms with van der Waals surface area (Å²) < 4.78 is 5.92. The van der Waals surface area contributed by atoms with Crippen LogP contribution in [0.2, 0.25) is 0 Å². The Hall–Kier alpha value is -0.680. The molecule has 0 bridgehead atoms. The molecule has 1 aromatic heterocycles. The zero-order valence-corrected chi connectivity index (χ0v) is 11.6. The van der Waals surface area contributed by atoms with Gasteiger partial charge in [0.1, 0.15) is 16.7 Å². The van der Waals surface area contributed by atoms with Gasteiger partial charge < -0.3 is 9.64 Å². The largest absolute Gasteiger partial charge is 0.383 e. The van der Waals surface area contributed by atoms with Gasteiger partial charge in [-0.2, -0.15) is 0 Å². The van der Waals surface area contributed by atoms with E-state index in [2.05, 4.69) is 44.6 Å². The highest BCUT2D eigenvalue weighted by molar-refractivity contribution is 9.10. The third kappa shape index (κ3) is 4.45. The lowest BCUT2D eigenvalue weighted by atomic mass is 10.2. The molecule has 0 atom stereocenters. The van der Waals surface area contributed by atoms with Crippen LogP contribution in [0.1, 0.15) is 13.8 Å². The molecular weight excluding hydrogens is 270 g/mol. The molecule has 0 spiro atoms. The molecule has 0 amide bonds. The fourth-order valence-electron chi connectivity index (χ4n) is 1.44. The third-order valence-corrected chi connectivity index (χ3v) is 2.53. The quantitative estimate of drug-likeness (QED) is 0.753. The van der Waals surface area contributed by atoms with Crippen molar-refractivity contribution in [2.24, 2.45) is 5.92 Å². The molecule has 5 heteroatoms. The predicted molar refractivity (Wildman–Crippen MR) is 68.7 cm³/mol. The van der Waals surface area contributed by atoms with E-state index in [1.807, 2.05) is 6.07 Å². The van der Waals surface area contributed by atoms with Gasteiger partial charge in [0.15, 0.2) is 0 Å². The van der Waals surface area contributed by atoms with Crippen molar-refractivity contribution in [3.63, 3.8) is 0 Å². The molecule has 1 aromatic rings. The van der Waals surface area contributed by atoms with Crippen molar-refractivity contribution < 1.29 is 4.74 Å². The summed E-state index contributed by atoms with van der Waals surface area (Å²) in [6.07, 6.45) is 1.57. The fraction of sp³-hybridized carbons (Fsp3) is 0.636. The number of methoxy groups -OCH3 is 1. The second-order valence-corrected chi connectivity index (χ2v) is 4.84. The van der Waals surface area contributed by atoms with Gasteiger partial charge in [-0.1, -0.05) is 13.8 Å². The summed E-state index contributed by atoms with van der Waals surface area (Å²) in [5.41, 5.74) is 0. The Morgan fingerprint density at radius 3 is 2.75 bits per heavy atom. The molecule has 4 nitrogen and oxygen atoms in total. The van der Waals surface area contributed by atoms with Crippen molar-refractivity contribution in [2.75, 3.05) is 31.7 Å². The Morgan fingerprint density at radius 1 is 1.44 bits per heavy atom. The van der Waals surface area contributed by atoms with Gasteiger partial charge >= 0.3 is 0 Å². The summed E-state index contributed by atoms with van der Waals surface area (Å²) in [7, 11) is 1.71. The van der Waals surface area contributed by atoms with Crippen LogP contribution in [0.25, 0.3) is 0 Å². The molecule has 0 saturated heterocycles. The standard InChI is InChI=1S/C11H18BrN3O/c1-9(2)7-15(4-5-16-3)11-6-10(12)13-8-14-11/h6,8-9H,4-5,7H2,1-3H3. The lowest BCUT2D eigenvalue weighted by Gasteiger charge is -2.25. The molecule has 1 rings (SSSR count). The van der Waals surface area contributed by atoms with Gasteiger partial charge in [0.05, 0.1) is 6.61 Å². The summed E-state index contributed by atoms with van der Waals surface area (Å²) in [6.45, 7) is 6.89. The minimum absolute atomic E-state index is 0.589. The van der Waals surface area contributed by atoms with Crippen molar-refractivity contribution in [1.29, 1.82) is 0 Å². The minimum atomic E-state index is 0.589. The average Bonchev–Trinajstić information content (AvgIpc) is 2.23. The number of nitrogens with zero attached hydrogens (tertiary/aromatic N) is 3. The van der Waals surface area contributed by atoms with Crippen molar-refractivity contribution in [3.05, 3.63) is 17.0 Å². The van der Waals surface area contributed by atoms with E-state index in [9.17, 15) is 0 Å². The number of hydrogen-bond acceptors (Lipinski definition) is 4. The molecule has 1 heterocycles. The highest BCUT2D eigenvalue weighted by atomic mass is 79.9. The van der Waals surface area contributed by atoms with Gasteiger partial charge in [-0.05, 0) is 21.8 Å². The maximum Gasteiger partial charge on any atom is 0.133 e. The SMILES string of the molecule is COCCN(CC(C)C)c1cc(Br)ncn1. The van der Waals surface area contributed by atoms with E-state index in [1.54, 1.807) is 13.4 Å². The van der Waals surface area contributed by atoms with Crippen molar-refractivity contribution >= 4 is 21.7 Å². The van der Waals surface area contributed by atoms with E-state index < -0.39 is 0 Å². The third-order valence-electron chi connectivity index (χ3n) is 2.09. The normalized spacial score (nSPS) is 10.8. The topological polar surface area (TPSA) is 38.2 Å². The van der Waals surface area contributed by atoms with E-state index in [0.29, 0.717) is 12.5 Å². The molecule has 0 aliphatic carbocycles. The minimum Gasteiger partial charge on any atom is -0.383 e. The summed E-state index contributed by atoms with van der Waals surface area (Å²) in [5, 5.41) is 0. The lowest BCUT2D eigenvalue weighted by Crippen LogP contribution is -2.31. The average molecular weight is 288 g/mol. The van der Waals surface area contributed by atoms with Crippen LogP contribution in [-0.4, -0.2) is 36.8 Å². The van der Waals surface area contributed by atoms with Gasteiger partial charge in [-0.3, -0.25) is 0 Å². The van der Waals surface area contributed by atoms with E-state index >= 15 is 0 Å². The zero-order valence-electron chi connectivity index (χ0n) is 9.98. The predicted octanol–water partition coefficient (Wildman–Crippen LogP) is 2.35. The summed E-state index contributed by atoms with van der Waals surface area (Å²) in [4.78, 5) is 10.5. The zero-order chi connectivity index (χ0) is 12.0. The van der Waals surface area contributed by atoms with Gasteiger partial charge in [0.25, 0.3) is 0 Å². The molecule has 0 saturated carbocycles. The Bertz CT molecular complexity index is 320. The first kappa shape index (κ1) is 13.4. The van der Waals surface area contributed by atoms with Crippen LogP contribution in [0.15, 0.2) is 17.0 Å². The molecule has 0 fully saturated rings. The van der Waals surface area contributed by atoms with E-state index in [4.69, 9.17) is 4.74 Å². The summed E-state index contributed by atoms with van der Waals surface area (Å²) in [5.74, 6) is 1.53. The number of rotatable bonds is 6. The van der Waals surface area contributed by atoms with Crippen LogP contribution in [0, 0.1) is 5.92 Å². The first-order valence-corrected chi connectivity index (χ1v) is 6.14. The van der Waals surface area contributed by atoms with Crippen LogP contribution in [0.3, 0.4) is 0 Å². The number of aromatic nitrogens is 2. The Balaban J connectivity index is 2.74. The van der Waals surface area contributed by atoms with Crippen molar-refractivity contribution in [3.8, 4) is 0 Å². The number of anilines is 1. The Morgan fingerprint density at radius 2 is 2.19 bits per heavy atom. The van der Waals surface area contributed by atoms with E-state index in [1.165, 1.54) is 0 Å². The maximum atomic E-state index is 5.11. The number of ether oxygens (including phenoxy) is 1. The Kier molecular flexibility index (Phi) is 5.69. The first-order chi connectivity index (χ1) is 7.63. The summed E-state index contributed by atoms with van der Waals surface area (Å²) in [6, 6.07) is 1.93. The highest BCUT2D eigenvalue weighted by Gasteiger charge is 2.10. The second-order valence-electron chi connectivity index (χ2n) is 4.03. The number of halogens is 1. The smallest absolute Gasteiger partial charge is 0.133 e.